The van der Waals surface area contributed by atoms with Gasteiger partial charge in [0, 0.05) is 16.5 Å². The Labute approximate surface area is 214 Å². The van der Waals surface area contributed by atoms with Gasteiger partial charge < -0.3 is 14.0 Å². The lowest BCUT2D eigenvalue weighted by molar-refractivity contribution is -0.200. The van der Waals surface area contributed by atoms with Crippen LogP contribution in [0.5, 0.6) is 0 Å². The molecule has 36 heavy (non-hydrogen) atoms. The molecule has 2 aliphatic heterocycles. The Hall–Kier alpha value is -2.64. The normalized spacial score (nSPS) is 19.6. The van der Waals surface area contributed by atoms with Crippen LogP contribution in [0.25, 0.3) is 22.3 Å². The highest BCUT2D eigenvalue weighted by Crippen LogP contribution is 2.44. The van der Waals surface area contributed by atoms with Gasteiger partial charge in [0.05, 0.1) is 34.6 Å². The molecular weight excluding hydrogens is 472 g/mol. The molecule has 5 rings (SSSR count). The van der Waals surface area contributed by atoms with Crippen molar-refractivity contribution in [2.45, 2.75) is 64.9 Å². The average Bonchev–Trinajstić information content (AvgIpc) is 3.16. The number of para-hydroxylation sites is 1. The molecule has 0 fully saturated rings. The number of carbonyl (C=O) groups excluding carboxylic acids is 1. The van der Waals surface area contributed by atoms with E-state index < -0.39 is 27.2 Å². The van der Waals surface area contributed by atoms with Gasteiger partial charge in [-0.25, -0.2) is 19.8 Å². The summed E-state index contributed by atoms with van der Waals surface area (Å²) in [5, 5.41) is 1.16. The van der Waals surface area contributed by atoms with Crippen molar-refractivity contribution in [1.29, 1.82) is 0 Å². The summed E-state index contributed by atoms with van der Waals surface area (Å²) < 4.78 is 13.7. The Morgan fingerprint density at radius 3 is 2.53 bits per heavy atom. The maximum Gasteiger partial charge on any atom is 0.343 e. The predicted molar refractivity (Wildman–Crippen MR) is 147 cm³/mol. The summed E-state index contributed by atoms with van der Waals surface area (Å²) >= 11 is 0. The van der Waals surface area contributed by atoms with Gasteiger partial charge in [-0.15, -0.1) is 0 Å². The van der Waals surface area contributed by atoms with E-state index in [9.17, 15) is 9.59 Å². The molecular formula is C29H36N2O4S. The third-order valence-electron chi connectivity index (χ3n) is 7.13. The van der Waals surface area contributed by atoms with Crippen molar-refractivity contribution >= 4 is 26.9 Å². The van der Waals surface area contributed by atoms with Crippen molar-refractivity contribution in [3.63, 3.8) is 0 Å². The Morgan fingerprint density at radius 2 is 1.86 bits per heavy atom. The third-order valence-corrected chi connectivity index (χ3v) is 8.55. The van der Waals surface area contributed by atoms with Crippen LogP contribution in [-0.2, 0) is 39.4 Å². The Morgan fingerprint density at radius 1 is 1.14 bits per heavy atom. The van der Waals surface area contributed by atoms with E-state index in [-0.39, 0.29) is 12.2 Å². The summed E-state index contributed by atoms with van der Waals surface area (Å²) in [5.74, 6) is 0.672. The first-order chi connectivity index (χ1) is 16.8. The number of nitrogens with zero attached hydrogens (tertiary/aromatic N) is 2. The smallest absolute Gasteiger partial charge is 0.343 e. The number of pyridine rings is 2. The second-order valence-electron chi connectivity index (χ2n) is 11.8. The Balaban J connectivity index is 1.76. The van der Waals surface area contributed by atoms with Crippen LogP contribution in [0.4, 0.5) is 0 Å². The number of benzene rings is 1. The molecule has 0 radical (unpaired) electrons. The van der Waals surface area contributed by atoms with Gasteiger partial charge in [-0.1, -0.05) is 25.1 Å². The zero-order valence-corrected chi connectivity index (χ0v) is 23.2. The molecule has 7 heteroatoms. The van der Waals surface area contributed by atoms with E-state index in [1.54, 1.807) is 4.57 Å². The number of hydrogen-bond donors (Lipinski definition) is 0. The summed E-state index contributed by atoms with van der Waals surface area (Å²) in [6.45, 7) is 8.10. The summed E-state index contributed by atoms with van der Waals surface area (Å²) in [5.41, 5.74) is 3.99. The SMILES string of the molecule is CC[C@@]1(OC(C)(C)C)C(=O)OCc2c1cc1n(c2=O)Cc2c-1nc1ccccc1c2CCS(C)(C)C. The summed E-state index contributed by atoms with van der Waals surface area (Å²) in [7, 11) is -0.699. The number of hydrogen-bond acceptors (Lipinski definition) is 5. The van der Waals surface area contributed by atoms with Crippen LogP contribution >= 0.6 is 10.0 Å². The highest BCUT2D eigenvalue weighted by molar-refractivity contribution is 8.32. The van der Waals surface area contributed by atoms with Crippen LogP contribution in [-0.4, -0.2) is 45.6 Å². The summed E-state index contributed by atoms with van der Waals surface area (Å²) in [4.78, 5) is 32.1. The van der Waals surface area contributed by atoms with Gasteiger partial charge in [0.25, 0.3) is 5.56 Å². The molecule has 0 saturated carbocycles. The molecule has 1 atom stereocenters. The van der Waals surface area contributed by atoms with E-state index in [1.165, 1.54) is 5.56 Å². The summed E-state index contributed by atoms with van der Waals surface area (Å²) in [6.07, 6.45) is 8.32. The number of aryl methyl sites for hydroxylation is 1. The minimum absolute atomic E-state index is 0.0332. The fourth-order valence-corrected chi connectivity index (χ4v) is 6.30. The monoisotopic (exact) mass is 508 g/mol. The molecule has 0 aliphatic carbocycles. The number of fused-ring (bicyclic) bond motifs is 5. The number of esters is 1. The molecule has 0 bridgehead atoms. The van der Waals surface area contributed by atoms with Gasteiger partial charge in [0.1, 0.15) is 6.61 Å². The molecule has 1 aromatic carbocycles. The molecule has 2 aliphatic rings. The topological polar surface area (TPSA) is 70.4 Å². The molecule has 2 aromatic heterocycles. The third kappa shape index (κ3) is 4.06. The number of cyclic esters (lactones) is 1. The van der Waals surface area contributed by atoms with E-state index in [1.807, 2.05) is 45.9 Å². The number of ether oxygens (including phenoxy) is 2. The second-order valence-corrected chi connectivity index (χ2v) is 16.4. The fraction of sp³-hybridized carbons (Fsp3) is 0.483. The number of rotatable bonds is 5. The Bertz CT molecular complexity index is 1440. The molecule has 0 amide bonds. The first-order valence-corrected chi connectivity index (χ1v) is 15.6. The van der Waals surface area contributed by atoms with Gasteiger partial charge in [0.2, 0.25) is 0 Å². The van der Waals surface area contributed by atoms with Crippen molar-refractivity contribution in [2.24, 2.45) is 0 Å². The van der Waals surface area contributed by atoms with Crippen molar-refractivity contribution in [1.82, 2.24) is 9.55 Å². The van der Waals surface area contributed by atoms with Gasteiger partial charge >= 0.3 is 5.97 Å². The van der Waals surface area contributed by atoms with Crippen molar-refractivity contribution in [3.8, 4) is 11.4 Å². The van der Waals surface area contributed by atoms with Gasteiger partial charge in [-0.05, 0) is 75.8 Å². The lowest BCUT2D eigenvalue weighted by Crippen LogP contribution is -2.49. The maximum atomic E-state index is 13.9. The van der Waals surface area contributed by atoms with E-state index in [2.05, 4.69) is 30.9 Å². The van der Waals surface area contributed by atoms with Crippen molar-refractivity contribution in [3.05, 3.63) is 62.9 Å². The van der Waals surface area contributed by atoms with Crippen molar-refractivity contribution < 1.29 is 14.3 Å². The Kier molecular flexibility index (Phi) is 5.88. The maximum absolute atomic E-state index is 13.9. The molecule has 0 N–H and O–H groups in total. The van der Waals surface area contributed by atoms with Gasteiger partial charge in [-0.3, -0.25) is 4.79 Å². The molecule has 4 heterocycles. The lowest BCUT2D eigenvalue weighted by Gasteiger charge is -2.40. The largest absolute Gasteiger partial charge is 0.458 e. The minimum atomic E-state index is -1.32. The minimum Gasteiger partial charge on any atom is -0.458 e. The molecule has 6 nitrogen and oxygen atoms in total. The quantitative estimate of drug-likeness (QED) is 0.349. The standard InChI is InChI=1S/C29H36N2O4S/c1-8-29(35-28(2,3)4)22-15-24-25-20(16-31(24)26(32)21(22)17-34-27(29)33)18(13-14-36(5,6)7)19-11-9-10-12-23(19)30-25/h9-12,15H,8,13-14,16-17H2,1-7H3/t29-/m0/s1. The molecule has 0 spiro atoms. The predicted octanol–water partition coefficient (Wildman–Crippen LogP) is 5.14. The number of aromatic nitrogens is 2. The van der Waals surface area contributed by atoms with Crippen LogP contribution < -0.4 is 5.56 Å². The molecule has 3 aromatic rings. The first kappa shape index (κ1) is 25.0. The lowest BCUT2D eigenvalue weighted by atomic mass is 9.84. The van der Waals surface area contributed by atoms with E-state index >= 15 is 0 Å². The highest BCUT2D eigenvalue weighted by atomic mass is 32.3. The van der Waals surface area contributed by atoms with E-state index in [4.69, 9.17) is 14.5 Å². The molecule has 192 valence electrons. The second kappa shape index (κ2) is 8.45. The fourth-order valence-electron chi connectivity index (χ4n) is 5.49. The zero-order valence-electron chi connectivity index (χ0n) is 22.4. The van der Waals surface area contributed by atoms with Crippen LogP contribution in [0.2, 0.25) is 0 Å². The zero-order chi connectivity index (χ0) is 26.0. The van der Waals surface area contributed by atoms with E-state index in [0.29, 0.717) is 24.1 Å². The van der Waals surface area contributed by atoms with Gasteiger partial charge in [0.15, 0.2) is 5.60 Å². The molecule has 0 saturated heterocycles. The highest BCUT2D eigenvalue weighted by Gasteiger charge is 2.50. The van der Waals surface area contributed by atoms with Crippen LogP contribution in [0, 0.1) is 0 Å². The average molecular weight is 509 g/mol. The first-order valence-electron chi connectivity index (χ1n) is 12.6. The van der Waals surface area contributed by atoms with Crippen molar-refractivity contribution in [2.75, 3.05) is 24.5 Å². The van der Waals surface area contributed by atoms with Gasteiger partial charge in [-0.2, -0.15) is 0 Å². The van der Waals surface area contributed by atoms with E-state index in [0.717, 1.165) is 40.0 Å². The van der Waals surface area contributed by atoms with Crippen LogP contribution in [0.15, 0.2) is 35.1 Å². The van der Waals surface area contributed by atoms with Crippen LogP contribution in [0.3, 0.4) is 0 Å². The summed E-state index contributed by atoms with van der Waals surface area (Å²) in [6, 6.07) is 10.2. The number of carbonyl (C=O) groups is 1. The van der Waals surface area contributed by atoms with Crippen LogP contribution in [0.1, 0.15) is 56.4 Å². The molecule has 0 unspecified atom stereocenters.